The van der Waals surface area contributed by atoms with Crippen LogP contribution >= 0.6 is 11.3 Å². The molecule has 0 radical (unpaired) electrons. The van der Waals surface area contributed by atoms with E-state index < -0.39 is 6.10 Å². The van der Waals surface area contributed by atoms with Crippen molar-refractivity contribution in [1.29, 1.82) is 0 Å². The topological polar surface area (TPSA) is 84.6 Å². The summed E-state index contributed by atoms with van der Waals surface area (Å²) in [4.78, 5) is 16.8. The van der Waals surface area contributed by atoms with E-state index in [2.05, 4.69) is 10.3 Å². The van der Waals surface area contributed by atoms with Crippen molar-refractivity contribution in [3.63, 3.8) is 0 Å². The molecule has 20 heavy (non-hydrogen) atoms. The zero-order valence-electron chi connectivity index (χ0n) is 11.0. The lowest BCUT2D eigenvalue weighted by atomic mass is 10.2. The number of hydrogen-bond acceptors (Lipinski definition) is 6. The molecule has 0 aliphatic heterocycles. The summed E-state index contributed by atoms with van der Waals surface area (Å²) in [5.74, 6) is 0.154. The van der Waals surface area contributed by atoms with Crippen molar-refractivity contribution in [2.24, 2.45) is 0 Å². The van der Waals surface area contributed by atoms with E-state index in [4.69, 9.17) is 9.15 Å². The second-order valence-electron chi connectivity index (χ2n) is 4.16. The molecular weight excluding hydrogens is 280 g/mol. The monoisotopic (exact) mass is 296 g/mol. The predicted molar refractivity (Wildman–Crippen MR) is 74.6 cm³/mol. The van der Waals surface area contributed by atoms with Gasteiger partial charge in [0.25, 0.3) is 5.91 Å². The van der Waals surface area contributed by atoms with Crippen LogP contribution in [0.1, 0.15) is 16.9 Å². The molecule has 2 aromatic rings. The first-order chi connectivity index (χ1) is 9.72. The molecule has 0 aromatic carbocycles. The number of nitrogens with one attached hydrogen (secondary N) is 1. The second kappa shape index (κ2) is 7.18. The quantitative estimate of drug-likeness (QED) is 0.809. The van der Waals surface area contributed by atoms with Crippen molar-refractivity contribution in [3.05, 3.63) is 29.6 Å². The summed E-state index contributed by atoms with van der Waals surface area (Å²) in [7, 11) is 1.52. The Kier molecular flexibility index (Phi) is 5.28. The average Bonchev–Trinajstić information content (AvgIpc) is 3.09. The van der Waals surface area contributed by atoms with Crippen LogP contribution < -0.4 is 5.32 Å². The second-order valence-corrected chi connectivity index (χ2v) is 5.11. The van der Waals surface area contributed by atoms with Gasteiger partial charge in [-0.3, -0.25) is 4.79 Å². The Bertz CT molecular complexity index is 538. The van der Waals surface area contributed by atoms with Crippen LogP contribution in [0.15, 0.2) is 28.3 Å². The van der Waals surface area contributed by atoms with Crippen LogP contribution in [0.2, 0.25) is 0 Å². The summed E-state index contributed by atoms with van der Waals surface area (Å²) in [5.41, 5.74) is 0.258. The van der Waals surface area contributed by atoms with Crippen molar-refractivity contribution in [3.8, 4) is 10.6 Å². The van der Waals surface area contributed by atoms with E-state index in [1.54, 1.807) is 0 Å². The molecule has 1 amide bonds. The van der Waals surface area contributed by atoms with Gasteiger partial charge in [-0.1, -0.05) is 6.07 Å². The number of ether oxygens (including phenoxy) is 1. The molecule has 7 heteroatoms. The number of carbonyl (C=O) groups is 1. The fourth-order valence-corrected chi connectivity index (χ4v) is 2.41. The number of carbonyl (C=O) groups excluding carboxylic acids is 1. The number of rotatable bonds is 7. The SMILES string of the molecule is COCC(O)CCNC(=O)c1ncoc1-c1cccs1. The van der Waals surface area contributed by atoms with Crippen LogP contribution in [-0.4, -0.2) is 42.4 Å². The summed E-state index contributed by atoms with van der Waals surface area (Å²) in [6.45, 7) is 0.598. The van der Waals surface area contributed by atoms with Gasteiger partial charge in [-0.2, -0.15) is 0 Å². The van der Waals surface area contributed by atoms with Gasteiger partial charge in [0, 0.05) is 13.7 Å². The Morgan fingerprint density at radius 3 is 3.20 bits per heavy atom. The Morgan fingerprint density at radius 2 is 2.50 bits per heavy atom. The standard InChI is InChI=1S/C13H16N2O4S/c1-18-7-9(16)4-5-14-13(17)11-12(19-8-15-11)10-3-2-6-20-10/h2-3,6,8-9,16H,4-5,7H2,1H3,(H,14,17). The van der Waals surface area contributed by atoms with Gasteiger partial charge in [0.15, 0.2) is 17.8 Å². The fourth-order valence-electron chi connectivity index (χ4n) is 1.70. The van der Waals surface area contributed by atoms with E-state index >= 15 is 0 Å². The molecule has 2 rings (SSSR count). The minimum absolute atomic E-state index is 0.250. The molecular formula is C13H16N2O4S. The van der Waals surface area contributed by atoms with Gasteiger partial charge in [0.05, 0.1) is 17.6 Å². The molecule has 2 aromatic heterocycles. The molecule has 0 bridgehead atoms. The summed E-state index contributed by atoms with van der Waals surface area (Å²) in [6.07, 6.45) is 1.09. The van der Waals surface area contributed by atoms with Crippen molar-refractivity contribution >= 4 is 17.2 Å². The number of aliphatic hydroxyl groups excluding tert-OH is 1. The van der Waals surface area contributed by atoms with E-state index in [-0.39, 0.29) is 18.2 Å². The van der Waals surface area contributed by atoms with Crippen LogP contribution in [0.5, 0.6) is 0 Å². The van der Waals surface area contributed by atoms with Gasteiger partial charge in [-0.15, -0.1) is 11.3 Å². The van der Waals surface area contributed by atoms with Crippen LogP contribution in [-0.2, 0) is 4.74 Å². The Morgan fingerprint density at radius 1 is 1.65 bits per heavy atom. The molecule has 0 saturated heterocycles. The van der Waals surface area contributed by atoms with Gasteiger partial charge in [-0.25, -0.2) is 4.98 Å². The summed E-state index contributed by atoms with van der Waals surface area (Å²) in [5, 5.41) is 14.1. The number of methoxy groups -OCH3 is 1. The minimum Gasteiger partial charge on any atom is -0.442 e. The molecule has 0 fully saturated rings. The molecule has 108 valence electrons. The van der Waals surface area contributed by atoms with Gasteiger partial charge < -0.3 is 19.6 Å². The highest BCUT2D eigenvalue weighted by Crippen LogP contribution is 2.27. The van der Waals surface area contributed by atoms with Gasteiger partial charge >= 0.3 is 0 Å². The third-order valence-corrected chi connectivity index (χ3v) is 3.52. The first kappa shape index (κ1) is 14.7. The number of hydrogen-bond donors (Lipinski definition) is 2. The van der Waals surface area contributed by atoms with Crippen LogP contribution in [0.4, 0.5) is 0 Å². The fraction of sp³-hybridized carbons (Fsp3) is 0.385. The average molecular weight is 296 g/mol. The molecule has 0 saturated carbocycles. The maximum absolute atomic E-state index is 12.0. The smallest absolute Gasteiger partial charge is 0.273 e. The molecule has 2 heterocycles. The third-order valence-electron chi connectivity index (χ3n) is 2.65. The first-order valence-corrected chi connectivity index (χ1v) is 7.03. The number of oxazole rings is 1. The number of aromatic nitrogens is 1. The highest BCUT2D eigenvalue weighted by Gasteiger charge is 2.18. The zero-order valence-corrected chi connectivity index (χ0v) is 11.9. The number of aliphatic hydroxyl groups is 1. The van der Waals surface area contributed by atoms with E-state index in [9.17, 15) is 9.90 Å². The molecule has 0 aliphatic rings. The number of amides is 1. The Balaban J connectivity index is 1.92. The van der Waals surface area contributed by atoms with Gasteiger partial charge in [-0.05, 0) is 17.9 Å². The highest BCUT2D eigenvalue weighted by molar-refractivity contribution is 7.13. The lowest BCUT2D eigenvalue weighted by molar-refractivity contribution is 0.0587. The summed E-state index contributed by atoms with van der Waals surface area (Å²) in [6, 6.07) is 3.75. The lowest BCUT2D eigenvalue weighted by Crippen LogP contribution is -2.29. The van der Waals surface area contributed by atoms with Crippen molar-refractivity contribution in [2.75, 3.05) is 20.3 Å². The van der Waals surface area contributed by atoms with Crippen molar-refractivity contribution < 1.29 is 19.1 Å². The van der Waals surface area contributed by atoms with Crippen LogP contribution in [0.25, 0.3) is 10.6 Å². The third kappa shape index (κ3) is 3.66. The largest absolute Gasteiger partial charge is 0.442 e. The van der Waals surface area contributed by atoms with Crippen molar-refractivity contribution in [1.82, 2.24) is 10.3 Å². The van der Waals surface area contributed by atoms with E-state index in [0.717, 1.165) is 4.88 Å². The minimum atomic E-state index is -0.589. The Hall–Kier alpha value is -1.70. The highest BCUT2D eigenvalue weighted by atomic mass is 32.1. The Labute approximate surface area is 120 Å². The van der Waals surface area contributed by atoms with Crippen molar-refractivity contribution in [2.45, 2.75) is 12.5 Å². The maximum Gasteiger partial charge on any atom is 0.273 e. The zero-order chi connectivity index (χ0) is 14.4. The lowest BCUT2D eigenvalue weighted by Gasteiger charge is -2.09. The first-order valence-electron chi connectivity index (χ1n) is 6.15. The van der Waals surface area contributed by atoms with E-state index in [0.29, 0.717) is 18.7 Å². The molecule has 1 atom stereocenters. The van der Waals surface area contributed by atoms with Crippen LogP contribution in [0, 0.1) is 0 Å². The molecule has 0 aliphatic carbocycles. The summed E-state index contributed by atoms with van der Waals surface area (Å²) >= 11 is 1.48. The molecule has 0 spiro atoms. The van der Waals surface area contributed by atoms with Gasteiger partial charge in [0.2, 0.25) is 0 Å². The molecule has 6 nitrogen and oxygen atoms in total. The summed E-state index contributed by atoms with van der Waals surface area (Å²) < 4.78 is 10.1. The van der Waals surface area contributed by atoms with E-state index in [1.165, 1.54) is 24.8 Å². The van der Waals surface area contributed by atoms with Gasteiger partial charge in [0.1, 0.15) is 0 Å². The van der Waals surface area contributed by atoms with Crippen LogP contribution in [0.3, 0.4) is 0 Å². The van der Waals surface area contributed by atoms with E-state index in [1.807, 2.05) is 17.5 Å². The number of nitrogens with zero attached hydrogens (tertiary/aromatic N) is 1. The molecule has 1 unspecified atom stereocenters. The maximum atomic E-state index is 12.0. The normalized spacial score (nSPS) is 12.3. The number of thiophene rings is 1. The predicted octanol–water partition coefficient (Wildman–Crippen LogP) is 1.53. The molecule has 2 N–H and O–H groups in total.